The molecule has 0 unspecified atom stereocenters. The van der Waals surface area contributed by atoms with E-state index in [2.05, 4.69) is 11.1 Å². The van der Waals surface area contributed by atoms with Crippen LogP contribution in [-0.2, 0) is 6.42 Å². The summed E-state index contributed by atoms with van der Waals surface area (Å²) in [5.41, 5.74) is 2.90. The fourth-order valence-corrected chi connectivity index (χ4v) is 5.64. The van der Waals surface area contributed by atoms with E-state index in [-0.39, 0.29) is 20.1 Å². The summed E-state index contributed by atoms with van der Waals surface area (Å²) in [6.45, 7) is 1.73. The third kappa shape index (κ3) is 2.36. The Hall–Kier alpha value is -2.09. The fourth-order valence-electron chi connectivity index (χ4n) is 3.76. The Morgan fingerprint density at radius 1 is 1.42 bits per heavy atom. The van der Waals surface area contributed by atoms with Gasteiger partial charge in [-0.1, -0.05) is 0 Å². The molecule has 1 spiro atoms. The summed E-state index contributed by atoms with van der Waals surface area (Å²) in [4.78, 5) is 15.7. The molecule has 1 N–H and O–H groups in total. The number of aromatic carboxylic acids is 1. The Bertz CT molecular complexity index is 888. The molecule has 4 rings (SSSR count). The molecule has 1 aromatic carbocycles. The Morgan fingerprint density at radius 3 is 2.79 bits per heavy atom. The molecule has 6 heteroatoms. The summed E-state index contributed by atoms with van der Waals surface area (Å²) < 4.78 is 7.38. The summed E-state index contributed by atoms with van der Waals surface area (Å²) in [5, 5.41) is 18.8. The van der Waals surface area contributed by atoms with Crippen molar-refractivity contribution in [1.29, 1.82) is 5.26 Å². The third-order valence-electron chi connectivity index (χ3n) is 4.87. The van der Waals surface area contributed by atoms with Crippen LogP contribution in [0.5, 0.6) is 5.75 Å². The molecule has 1 fully saturated rings. The summed E-state index contributed by atoms with van der Waals surface area (Å²) in [7, 11) is 0. The summed E-state index contributed by atoms with van der Waals surface area (Å²) in [6.07, 6.45) is 5.25. The van der Waals surface area contributed by atoms with E-state index in [1.165, 1.54) is 12.8 Å². The molecule has 0 radical (unpaired) electrons. The number of fused-ring (bicyclic) bond motifs is 1. The van der Waals surface area contributed by atoms with Crippen molar-refractivity contribution in [2.75, 3.05) is 0 Å². The van der Waals surface area contributed by atoms with Crippen molar-refractivity contribution in [3.63, 3.8) is 0 Å². The second-order valence-corrected chi connectivity index (χ2v) is 8.63. The Morgan fingerprint density at radius 2 is 2.17 bits per heavy atom. The molecule has 1 aliphatic carbocycles. The maximum atomic E-state index is 11.3. The number of hydrogen-bond acceptors (Lipinski definition) is 4. The molecule has 1 aliphatic heterocycles. The van der Waals surface area contributed by atoms with Gasteiger partial charge >= 0.3 is 145 Å². The van der Waals surface area contributed by atoms with Crippen molar-refractivity contribution < 1.29 is 14.6 Å². The van der Waals surface area contributed by atoms with Gasteiger partial charge in [0.25, 0.3) is 0 Å². The Balaban J connectivity index is 1.79. The standard InChI is InChI=1S/C18H16N2O3Se/c1-10-15(17(21)22)24-16(20-10)11-6-12-8-18(4-2-3-5-18)23-14(12)13(7-11)9-19/h6-7H,2-5,8H2,1H3,(H,21,22). The first-order valence-corrected chi connectivity index (χ1v) is 9.70. The Labute approximate surface area is 145 Å². The molecule has 1 aromatic heterocycles. The average molecular weight is 387 g/mol. The zero-order valence-electron chi connectivity index (χ0n) is 13.3. The van der Waals surface area contributed by atoms with Crippen molar-refractivity contribution in [1.82, 2.24) is 4.98 Å². The first-order valence-electron chi connectivity index (χ1n) is 7.98. The van der Waals surface area contributed by atoms with Gasteiger partial charge in [0.05, 0.1) is 0 Å². The van der Waals surface area contributed by atoms with Crippen molar-refractivity contribution in [2.24, 2.45) is 0 Å². The van der Waals surface area contributed by atoms with Crippen LogP contribution in [0.2, 0.25) is 0 Å². The summed E-state index contributed by atoms with van der Waals surface area (Å²) in [6, 6.07) is 6.08. The van der Waals surface area contributed by atoms with Gasteiger partial charge in [-0.15, -0.1) is 0 Å². The number of nitrogens with zero attached hydrogens (tertiary/aromatic N) is 2. The van der Waals surface area contributed by atoms with Gasteiger partial charge in [0.1, 0.15) is 0 Å². The van der Waals surface area contributed by atoms with Crippen molar-refractivity contribution in [3.8, 4) is 22.0 Å². The van der Waals surface area contributed by atoms with Crippen molar-refractivity contribution in [3.05, 3.63) is 33.4 Å². The van der Waals surface area contributed by atoms with Gasteiger partial charge in [0.15, 0.2) is 0 Å². The first kappa shape index (κ1) is 15.4. The SMILES string of the molecule is Cc1nc(-c2cc(C#N)c3c(c2)CC2(CCCC2)O3)[se]c1C(=O)O. The molecule has 5 nitrogen and oxygen atoms in total. The van der Waals surface area contributed by atoms with E-state index in [0.29, 0.717) is 15.7 Å². The van der Waals surface area contributed by atoms with E-state index in [9.17, 15) is 15.2 Å². The van der Waals surface area contributed by atoms with Crippen LogP contribution in [0.1, 0.15) is 51.7 Å². The molecule has 0 saturated heterocycles. The van der Waals surface area contributed by atoms with Crippen LogP contribution in [0, 0.1) is 18.3 Å². The molecule has 0 atom stereocenters. The van der Waals surface area contributed by atoms with Gasteiger partial charge in [-0.05, 0) is 0 Å². The number of nitriles is 1. The number of rotatable bonds is 2. The van der Waals surface area contributed by atoms with Crippen LogP contribution in [0.25, 0.3) is 10.1 Å². The summed E-state index contributed by atoms with van der Waals surface area (Å²) >= 11 is -0.332. The molecule has 1 saturated carbocycles. The fraction of sp³-hybridized carbons (Fsp3) is 0.389. The number of ether oxygens (including phenoxy) is 1. The molecule has 0 bridgehead atoms. The predicted octanol–water partition coefficient (Wildman–Crippen LogP) is 2.93. The van der Waals surface area contributed by atoms with E-state index in [1.54, 1.807) is 13.0 Å². The Kier molecular flexibility index (Phi) is 3.52. The molecular formula is C18H16N2O3Se. The van der Waals surface area contributed by atoms with Gasteiger partial charge in [0, 0.05) is 0 Å². The number of carbonyl (C=O) groups is 1. The molecule has 2 heterocycles. The van der Waals surface area contributed by atoms with Crippen LogP contribution < -0.4 is 4.74 Å². The molecule has 2 aromatic rings. The second kappa shape index (κ2) is 5.47. The topological polar surface area (TPSA) is 83.2 Å². The van der Waals surface area contributed by atoms with Gasteiger partial charge in [-0.2, -0.15) is 0 Å². The van der Waals surface area contributed by atoms with E-state index >= 15 is 0 Å². The zero-order valence-corrected chi connectivity index (χ0v) is 15.0. The van der Waals surface area contributed by atoms with Gasteiger partial charge in [-0.3, -0.25) is 0 Å². The van der Waals surface area contributed by atoms with E-state index in [4.69, 9.17) is 4.74 Å². The van der Waals surface area contributed by atoms with Crippen LogP contribution in [0.4, 0.5) is 0 Å². The number of carboxylic acid groups (broad SMARTS) is 1. The molecule has 0 amide bonds. The predicted molar refractivity (Wildman–Crippen MR) is 88.6 cm³/mol. The van der Waals surface area contributed by atoms with Crippen LogP contribution in [-0.4, -0.2) is 36.2 Å². The van der Waals surface area contributed by atoms with Gasteiger partial charge < -0.3 is 0 Å². The maximum absolute atomic E-state index is 11.3. The quantitative estimate of drug-likeness (QED) is 0.802. The molecular weight excluding hydrogens is 371 g/mol. The summed E-state index contributed by atoms with van der Waals surface area (Å²) in [5.74, 6) is -0.182. The van der Waals surface area contributed by atoms with Crippen molar-refractivity contribution >= 4 is 20.5 Å². The number of hydrogen-bond donors (Lipinski definition) is 1. The normalized spacial score (nSPS) is 17.5. The minimum absolute atomic E-state index is 0.129. The third-order valence-corrected chi connectivity index (χ3v) is 7.38. The molecule has 24 heavy (non-hydrogen) atoms. The number of benzene rings is 1. The first-order chi connectivity index (χ1) is 11.5. The van der Waals surface area contributed by atoms with Crippen LogP contribution in [0.3, 0.4) is 0 Å². The van der Waals surface area contributed by atoms with Crippen molar-refractivity contribution in [2.45, 2.75) is 44.6 Å². The van der Waals surface area contributed by atoms with E-state index in [1.807, 2.05) is 6.07 Å². The molecule has 2 aliphatic rings. The van der Waals surface area contributed by atoms with E-state index < -0.39 is 5.97 Å². The second-order valence-electron chi connectivity index (χ2n) is 6.53. The molecule has 122 valence electrons. The monoisotopic (exact) mass is 388 g/mol. The minimum atomic E-state index is -0.902. The zero-order chi connectivity index (χ0) is 16.9. The van der Waals surface area contributed by atoms with E-state index in [0.717, 1.165) is 40.7 Å². The van der Waals surface area contributed by atoms with Gasteiger partial charge in [-0.25, -0.2) is 0 Å². The number of aryl methyl sites for hydroxylation is 1. The van der Waals surface area contributed by atoms with Crippen LogP contribution >= 0.6 is 0 Å². The number of aromatic nitrogens is 1. The average Bonchev–Trinajstić information content (AvgIpc) is 3.25. The number of carboxylic acids is 1. The van der Waals surface area contributed by atoms with Crippen LogP contribution in [0.15, 0.2) is 12.1 Å². The van der Waals surface area contributed by atoms with Gasteiger partial charge in [0.2, 0.25) is 0 Å².